The molecule has 128 valence electrons. The van der Waals surface area contributed by atoms with Crippen LogP contribution in [0, 0.1) is 6.92 Å². The van der Waals surface area contributed by atoms with Crippen LogP contribution in [0.1, 0.15) is 26.5 Å². The summed E-state index contributed by atoms with van der Waals surface area (Å²) in [4.78, 5) is 17.4. The summed E-state index contributed by atoms with van der Waals surface area (Å²) < 4.78 is 1.17. The second kappa shape index (κ2) is 7.10. The Morgan fingerprint density at radius 2 is 1.69 bits per heavy atom. The van der Waals surface area contributed by atoms with Gasteiger partial charge in [0.2, 0.25) is 0 Å². The second-order valence-electron chi connectivity index (χ2n) is 6.23. The number of aromatic nitrogens is 1. The highest BCUT2D eigenvalue weighted by Gasteiger charge is 2.13. The van der Waals surface area contributed by atoms with E-state index in [0.29, 0.717) is 12.0 Å². The molecule has 0 saturated heterocycles. The van der Waals surface area contributed by atoms with Crippen molar-refractivity contribution in [2.75, 3.05) is 5.32 Å². The van der Waals surface area contributed by atoms with E-state index in [2.05, 4.69) is 16.4 Å². The Balaban J connectivity index is 1.59. The van der Waals surface area contributed by atoms with Crippen molar-refractivity contribution in [1.29, 1.82) is 0 Å². The van der Waals surface area contributed by atoms with E-state index in [1.165, 1.54) is 10.3 Å². The molecule has 3 nitrogen and oxygen atoms in total. The zero-order chi connectivity index (χ0) is 17.9. The quantitative estimate of drug-likeness (QED) is 0.527. The first-order chi connectivity index (χ1) is 12.7. The first-order valence-corrected chi connectivity index (χ1v) is 9.31. The topological polar surface area (TPSA) is 42.0 Å². The van der Waals surface area contributed by atoms with Crippen LogP contribution in [0.2, 0.25) is 0 Å². The molecular weight excluding hydrogens is 340 g/mol. The summed E-state index contributed by atoms with van der Waals surface area (Å²) >= 11 is 1.68. The summed E-state index contributed by atoms with van der Waals surface area (Å²) in [5, 5.41) is 4.00. The predicted octanol–water partition coefficient (Wildman–Crippen LogP) is 5.45. The van der Waals surface area contributed by atoms with Gasteiger partial charge in [0.1, 0.15) is 0 Å². The number of rotatable bonds is 4. The molecule has 26 heavy (non-hydrogen) atoms. The van der Waals surface area contributed by atoms with Crippen LogP contribution in [-0.4, -0.2) is 10.9 Å². The van der Waals surface area contributed by atoms with Crippen LogP contribution in [0.4, 0.5) is 5.69 Å². The fourth-order valence-electron chi connectivity index (χ4n) is 2.89. The Kier molecular flexibility index (Phi) is 4.50. The Morgan fingerprint density at radius 3 is 2.50 bits per heavy atom. The van der Waals surface area contributed by atoms with Crippen molar-refractivity contribution in [3.05, 3.63) is 94.5 Å². The smallest absolute Gasteiger partial charge is 0.255 e. The van der Waals surface area contributed by atoms with Crippen molar-refractivity contribution in [2.24, 2.45) is 0 Å². The van der Waals surface area contributed by atoms with E-state index in [1.54, 1.807) is 11.3 Å². The van der Waals surface area contributed by atoms with Gasteiger partial charge in [0.25, 0.3) is 5.91 Å². The lowest BCUT2D eigenvalue weighted by Crippen LogP contribution is -2.14. The standard InChI is InChI=1S/C22H18N2OS/c1-15-10-12-17(13-11-15)23-22(25)18-7-3-2-6-16(18)14-21-24-19-8-4-5-9-20(19)26-21/h2-13H,14H2,1H3,(H,23,25). The van der Waals surface area contributed by atoms with Crippen LogP contribution in [0.15, 0.2) is 72.8 Å². The molecule has 1 aromatic heterocycles. The lowest BCUT2D eigenvalue weighted by atomic mass is 10.0. The number of nitrogens with zero attached hydrogens (tertiary/aromatic N) is 1. The highest BCUT2D eigenvalue weighted by molar-refractivity contribution is 7.18. The molecule has 0 aliphatic carbocycles. The molecule has 1 amide bonds. The summed E-state index contributed by atoms with van der Waals surface area (Å²) in [6.45, 7) is 2.03. The number of fused-ring (bicyclic) bond motifs is 1. The van der Waals surface area contributed by atoms with Gasteiger partial charge < -0.3 is 5.32 Å². The largest absolute Gasteiger partial charge is 0.322 e. The number of benzene rings is 3. The van der Waals surface area contributed by atoms with Crippen molar-refractivity contribution < 1.29 is 4.79 Å². The zero-order valence-electron chi connectivity index (χ0n) is 14.4. The van der Waals surface area contributed by atoms with Gasteiger partial charge in [-0.25, -0.2) is 4.98 Å². The van der Waals surface area contributed by atoms with E-state index >= 15 is 0 Å². The van der Waals surface area contributed by atoms with Gasteiger partial charge in [-0.1, -0.05) is 48.0 Å². The molecule has 0 unspecified atom stereocenters. The molecule has 3 aromatic carbocycles. The van der Waals surface area contributed by atoms with Gasteiger partial charge in [-0.2, -0.15) is 0 Å². The van der Waals surface area contributed by atoms with Crippen LogP contribution in [-0.2, 0) is 6.42 Å². The molecule has 0 atom stereocenters. The second-order valence-corrected chi connectivity index (χ2v) is 7.34. The Morgan fingerprint density at radius 1 is 0.962 bits per heavy atom. The van der Waals surface area contributed by atoms with E-state index in [9.17, 15) is 4.79 Å². The van der Waals surface area contributed by atoms with Crippen LogP contribution in [0.25, 0.3) is 10.2 Å². The third-order valence-electron chi connectivity index (χ3n) is 4.25. The highest BCUT2D eigenvalue weighted by Crippen LogP contribution is 2.25. The van der Waals surface area contributed by atoms with Gasteiger partial charge in [0.15, 0.2) is 0 Å². The summed E-state index contributed by atoms with van der Waals surface area (Å²) in [6.07, 6.45) is 0.650. The minimum absolute atomic E-state index is 0.0921. The summed E-state index contributed by atoms with van der Waals surface area (Å²) in [6, 6.07) is 23.7. The number of amides is 1. The number of carbonyl (C=O) groups excluding carboxylic acids is 1. The van der Waals surface area contributed by atoms with Crippen molar-refractivity contribution >= 4 is 33.1 Å². The van der Waals surface area contributed by atoms with Gasteiger partial charge in [-0.05, 0) is 42.8 Å². The molecule has 0 fully saturated rings. The maximum Gasteiger partial charge on any atom is 0.255 e. The molecule has 0 spiro atoms. The third kappa shape index (κ3) is 3.51. The van der Waals surface area contributed by atoms with Crippen LogP contribution in [0.5, 0.6) is 0 Å². The number of anilines is 1. The average Bonchev–Trinajstić information content (AvgIpc) is 3.06. The van der Waals surface area contributed by atoms with Crippen molar-refractivity contribution in [3.8, 4) is 0 Å². The molecule has 0 radical (unpaired) electrons. The SMILES string of the molecule is Cc1ccc(NC(=O)c2ccccc2Cc2nc3ccccc3s2)cc1. The fourth-order valence-corrected chi connectivity index (χ4v) is 3.88. The summed E-state index contributed by atoms with van der Waals surface area (Å²) in [5.41, 5.74) is 4.65. The molecule has 0 aliphatic heterocycles. The van der Waals surface area contributed by atoms with Gasteiger partial charge in [-0.3, -0.25) is 4.79 Å². The van der Waals surface area contributed by atoms with Crippen molar-refractivity contribution in [3.63, 3.8) is 0 Å². The normalized spacial score (nSPS) is 10.8. The maximum absolute atomic E-state index is 12.8. The molecule has 4 aromatic rings. The number of thiazole rings is 1. The van der Waals surface area contributed by atoms with Crippen molar-refractivity contribution in [1.82, 2.24) is 4.98 Å². The fraction of sp³-hybridized carbons (Fsp3) is 0.0909. The van der Waals surface area contributed by atoms with Gasteiger partial charge >= 0.3 is 0 Å². The Bertz CT molecular complexity index is 1030. The third-order valence-corrected chi connectivity index (χ3v) is 5.29. The highest BCUT2D eigenvalue weighted by atomic mass is 32.1. The first-order valence-electron chi connectivity index (χ1n) is 8.49. The number of nitrogens with one attached hydrogen (secondary N) is 1. The van der Waals surface area contributed by atoms with E-state index < -0.39 is 0 Å². The number of para-hydroxylation sites is 1. The molecular formula is C22H18N2OS. The molecule has 0 bridgehead atoms. The molecule has 4 heteroatoms. The molecule has 0 aliphatic rings. The van der Waals surface area contributed by atoms with E-state index in [-0.39, 0.29) is 5.91 Å². The van der Waals surface area contributed by atoms with E-state index in [4.69, 9.17) is 0 Å². The van der Waals surface area contributed by atoms with Crippen LogP contribution < -0.4 is 5.32 Å². The van der Waals surface area contributed by atoms with E-state index in [1.807, 2.05) is 73.7 Å². The zero-order valence-corrected chi connectivity index (χ0v) is 15.2. The predicted molar refractivity (Wildman–Crippen MR) is 108 cm³/mol. The molecule has 4 rings (SSSR count). The number of hydrogen-bond acceptors (Lipinski definition) is 3. The van der Waals surface area contributed by atoms with Gasteiger partial charge in [-0.15, -0.1) is 11.3 Å². The van der Waals surface area contributed by atoms with Crippen molar-refractivity contribution in [2.45, 2.75) is 13.3 Å². The van der Waals surface area contributed by atoms with Crippen LogP contribution >= 0.6 is 11.3 Å². The number of hydrogen-bond donors (Lipinski definition) is 1. The van der Waals surface area contributed by atoms with Crippen LogP contribution in [0.3, 0.4) is 0 Å². The lowest BCUT2D eigenvalue weighted by molar-refractivity contribution is 0.102. The monoisotopic (exact) mass is 358 g/mol. The Hall–Kier alpha value is -2.98. The lowest BCUT2D eigenvalue weighted by Gasteiger charge is -2.09. The summed E-state index contributed by atoms with van der Waals surface area (Å²) in [5.74, 6) is -0.0921. The number of aryl methyl sites for hydroxylation is 1. The van der Waals surface area contributed by atoms with Gasteiger partial charge in [0.05, 0.1) is 15.2 Å². The molecule has 0 saturated carbocycles. The van der Waals surface area contributed by atoms with E-state index in [0.717, 1.165) is 21.8 Å². The average molecular weight is 358 g/mol. The summed E-state index contributed by atoms with van der Waals surface area (Å²) in [7, 11) is 0. The molecule has 1 heterocycles. The minimum Gasteiger partial charge on any atom is -0.322 e. The first kappa shape index (κ1) is 16.5. The minimum atomic E-state index is -0.0921. The number of carbonyl (C=O) groups is 1. The Labute approximate surface area is 156 Å². The molecule has 1 N–H and O–H groups in total. The maximum atomic E-state index is 12.8. The van der Waals surface area contributed by atoms with Gasteiger partial charge in [0, 0.05) is 17.7 Å².